The van der Waals surface area contributed by atoms with Crippen LogP contribution in [0.2, 0.25) is 5.02 Å². The lowest BCUT2D eigenvalue weighted by Crippen LogP contribution is -2.05. The smallest absolute Gasteiger partial charge is 0.336 e. The number of nitro benzene ring substituents is 2. The van der Waals surface area contributed by atoms with Gasteiger partial charge in [0.05, 0.1) is 28.6 Å². The number of benzene rings is 3. The standard InChI is InChI=1S/C24H17ClN2O7/c1-33-23-14-16(6-8-18-9-11-19(26(29)30)15-21(18)27(31)32)7-12-22(23)34-24(28)13-10-17-4-2-3-5-20(17)25/h2-15H,1H3/b8-6+,13-10+. The van der Waals surface area contributed by atoms with Crippen LogP contribution in [0.3, 0.4) is 0 Å². The summed E-state index contributed by atoms with van der Waals surface area (Å²) in [4.78, 5) is 33.0. The van der Waals surface area contributed by atoms with Crippen molar-refractivity contribution in [2.24, 2.45) is 0 Å². The zero-order chi connectivity index (χ0) is 24.7. The minimum Gasteiger partial charge on any atom is -0.493 e. The molecule has 0 bridgehead atoms. The molecule has 0 aromatic heterocycles. The number of methoxy groups -OCH3 is 1. The molecule has 34 heavy (non-hydrogen) atoms. The van der Waals surface area contributed by atoms with Gasteiger partial charge in [0.1, 0.15) is 0 Å². The maximum atomic E-state index is 12.2. The summed E-state index contributed by atoms with van der Waals surface area (Å²) in [6, 6.07) is 15.1. The van der Waals surface area contributed by atoms with Crippen LogP contribution < -0.4 is 9.47 Å². The number of ether oxygens (including phenoxy) is 2. The van der Waals surface area contributed by atoms with Gasteiger partial charge in [0.25, 0.3) is 11.4 Å². The van der Waals surface area contributed by atoms with Gasteiger partial charge in [0, 0.05) is 17.2 Å². The Hall–Kier alpha value is -4.50. The SMILES string of the molecule is COc1cc(/C=C/c2ccc([N+](=O)[O-])cc2[N+](=O)[O-])ccc1OC(=O)/C=C/c1ccccc1Cl. The molecular formula is C24H17ClN2O7. The molecule has 0 N–H and O–H groups in total. The van der Waals surface area contributed by atoms with Crippen molar-refractivity contribution < 1.29 is 24.1 Å². The fraction of sp³-hybridized carbons (Fsp3) is 0.0417. The first kappa shape index (κ1) is 24.1. The Labute approximate surface area is 198 Å². The van der Waals surface area contributed by atoms with Gasteiger partial charge in [0.15, 0.2) is 11.5 Å². The Morgan fingerprint density at radius 2 is 1.65 bits per heavy atom. The Morgan fingerprint density at radius 1 is 0.882 bits per heavy atom. The van der Waals surface area contributed by atoms with Crippen molar-refractivity contribution in [1.82, 2.24) is 0 Å². The number of halogens is 1. The topological polar surface area (TPSA) is 122 Å². The van der Waals surface area contributed by atoms with E-state index >= 15 is 0 Å². The van der Waals surface area contributed by atoms with Crippen LogP contribution in [0.5, 0.6) is 11.5 Å². The van der Waals surface area contributed by atoms with Crippen LogP contribution in [0.25, 0.3) is 18.2 Å². The van der Waals surface area contributed by atoms with Gasteiger partial charge in [-0.1, -0.05) is 41.9 Å². The Morgan fingerprint density at radius 3 is 2.32 bits per heavy atom. The minimum absolute atomic E-state index is 0.176. The van der Waals surface area contributed by atoms with E-state index in [0.29, 0.717) is 16.1 Å². The molecule has 3 aromatic carbocycles. The molecule has 0 heterocycles. The summed E-state index contributed by atoms with van der Waals surface area (Å²) in [7, 11) is 1.40. The number of carbonyl (C=O) groups is 1. The Kier molecular flexibility index (Phi) is 7.73. The highest BCUT2D eigenvalue weighted by molar-refractivity contribution is 6.32. The quantitative estimate of drug-likeness (QED) is 0.0973. The van der Waals surface area contributed by atoms with Gasteiger partial charge in [-0.2, -0.15) is 0 Å². The second-order valence-electron chi connectivity index (χ2n) is 6.78. The second-order valence-corrected chi connectivity index (χ2v) is 7.18. The minimum atomic E-state index is -0.699. The third-order valence-electron chi connectivity index (χ3n) is 4.58. The van der Waals surface area contributed by atoms with Crippen LogP contribution >= 0.6 is 11.6 Å². The number of nitrogens with zero attached hydrogens (tertiary/aromatic N) is 2. The molecule has 0 spiro atoms. The zero-order valence-electron chi connectivity index (χ0n) is 17.7. The molecule has 0 aliphatic carbocycles. The van der Waals surface area contributed by atoms with Crippen LogP contribution in [-0.2, 0) is 4.79 Å². The largest absolute Gasteiger partial charge is 0.493 e. The molecule has 0 aliphatic rings. The number of esters is 1. The summed E-state index contributed by atoms with van der Waals surface area (Å²) >= 11 is 6.06. The molecule has 0 radical (unpaired) electrons. The molecule has 10 heteroatoms. The molecule has 0 atom stereocenters. The number of hydrogen-bond acceptors (Lipinski definition) is 7. The van der Waals surface area contributed by atoms with Crippen LogP contribution in [0.4, 0.5) is 11.4 Å². The molecule has 9 nitrogen and oxygen atoms in total. The molecule has 0 saturated carbocycles. The Balaban J connectivity index is 1.78. The van der Waals surface area contributed by atoms with Crippen LogP contribution in [0.1, 0.15) is 16.7 Å². The first-order valence-electron chi connectivity index (χ1n) is 9.72. The summed E-state index contributed by atoms with van der Waals surface area (Å²) in [5.74, 6) is -0.197. The lowest BCUT2D eigenvalue weighted by molar-refractivity contribution is -0.394. The molecule has 0 amide bonds. The van der Waals surface area contributed by atoms with Crippen molar-refractivity contribution in [2.75, 3.05) is 7.11 Å². The van der Waals surface area contributed by atoms with Crippen molar-refractivity contribution >= 4 is 47.2 Å². The number of nitro groups is 2. The summed E-state index contributed by atoms with van der Waals surface area (Å²) < 4.78 is 10.6. The van der Waals surface area contributed by atoms with E-state index in [9.17, 15) is 25.0 Å². The van der Waals surface area contributed by atoms with Gasteiger partial charge in [-0.3, -0.25) is 20.2 Å². The molecule has 0 unspecified atom stereocenters. The van der Waals surface area contributed by atoms with Crippen LogP contribution in [0.15, 0.2) is 66.7 Å². The fourth-order valence-corrected chi connectivity index (χ4v) is 3.11. The highest BCUT2D eigenvalue weighted by Crippen LogP contribution is 2.30. The third-order valence-corrected chi connectivity index (χ3v) is 4.92. The Bertz CT molecular complexity index is 1320. The van der Waals surface area contributed by atoms with E-state index in [1.54, 1.807) is 42.5 Å². The summed E-state index contributed by atoms with van der Waals surface area (Å²) in [5, 5.41) is 22.7. The van der Waals surface area contributed by atoms with E-state index in [1.807, 2.05) is 0 Å². The van der Waals surface area contributed by atoms with Crippen molar-refractivity contribution in [3.63, 3.8) is 0 Å². The van der Waals surface area contributed by atoms with Gasteiger partial charge >= 0.3 is 5.97 Å². The maximum absolute atomic E-state index is 12.2. The fourth-order valence-electron chi connectivity index (χ4n) is 2.91. The molecular weight excluding hydrogens is 464 g/mol. The molecule has 0 saturated heterocycles. The number of rotatable bonds is 8. The summed E-state index contributed by atoms with van der Waals surface area (Å²) in [6.45, 7) is 0. The van der Waals surface area contributed by atoms with Gasteiger partial charge in [-0.25, -0.2) is 4.79 Å². The molecule has 3 rings (SSSR count). The lowest BCUT2D eigenvalue weighted by Gasteiger charge is -2.09. The number of carbonyl (C=O) groups excluding carboxylic acids is 1. The van der Waals surface area contributed by atoms with Crippen molar-refractivity contribution in [3.05, 3.63) is 109 Å². The lowest BCUT2D eigenvalue weighted by atomic mass is 10.1. The molecule has 0 fully saturated rings. The molecule has 172 valence electrons. The third kappa shape index (κ3) is 6.05. The van der Waals surface area contributed by atoms with E-state index in [1.165, 1.54) is 43.5 Å². The summed E-state index contributed by atoms with van der Waals surface area (Å²) in [6.07, 6.45) is 5.79. The van der Waals surface area contributed by atoms with Crippen molar-refractivity contribution in [2.45, 2.75) is 0 Å². The van der Waals surface area contributed by atoms with Crippen LogP contribution in [0, 0.1) is 20.2 Å². The number of non-ortho nitro benzene ring substituents is 1. The van der Waals surface area contributed by atoms with Gasteiger partial charge in [-0.15, -0.1) is 0 Å². The van der Waals surface area contributed by atoms with E-state index in [2.05, 4.69) is 0 Å². The number of hydrogen-bond donors (Lipinski definition) is 0. The van der Waals surface area contributed by atoms with E-state index in [-0.39, 0.29) is 22.7 Å². The predicted octanol–water partition coefficient (Wildman–Crippen LogP) is 5.95. The van der Waals surface area contributed by atoms with Gasteiger partial charge < -0.3 is 9.47 Å². The first-order valence-corrected chi connectivity index (χ1v) is 10.1. The monoisotopic (exact) mass is 480 g/mol. The highest BCUT2D eigenvalue weighted by Gasteiger charge is 2.17. The molecule has 0 aliphatic heterocycles. The average molecular weight is 481 g/mol. The summed E-state index contributed by atoms with van der Waals surface area (Å²) in [5.41, 5.74) is 0.674. The van der Waals surface area contributed by atoms with E-state index in [0.717, 1.165) is 6.07 Å². The average Bonchev–Trinajstić information content (AvgIpc) is 2.82. The highest BCUT2D eigenvalue weighted by atomic mass is 35.5. The maximum Gasteiger partial charge on any atom is 0.336 e. The van der Waals surface area contributed by atoms with Crippen molar-refractivity contribution in [3.8, 4) is 11.5 Å². The van der Waals surface area contributed by atoms with E-state index in [4.69, 9.17) is 21.1 Å². The predicted molar refractivity (Wildman–Crippen MR) is 128 cm³/mol. The van der Waals surface area contributed by atoms with Gasteiger partial charge in [-0.05, 0) is 47.5 Å². The zero-order valence-corrected chi connectivity index (χ0v) is 18.5. The second kappa shape index (κ2) is 10.9. The molecule has 3 aromatic rings. The van der Waals surface area contributed by atoms with E-state index < -0.39 is 21.5 Å². The van der Waals surface area contributed by atoms with Crippen LogP contribution in [-0.4, -0.2) is 22.9 Å². The van der Waals surface area contributed by atoms with Gasteiger partial charge in [0.2, 0.25) is 0 Å². The normalized spacial score (nSPS) is 11.0. The van der Waals surface area contributed by atoms with Crippen molar-refractivity contribution in [1.29, 1.82) is 0 Å². The first-order chi connectivity index (χ1) is 16.3.